The highest BCUT2D eigenvalue weighted by molar-refractivity contribution is 7.80. The van der Waals surface area contributed by atoms with Gasteiger partial charge in [-0.1, -0.05) is 18.3 Å². The van der Waals surface area contributed by atoms with Crippen molar-refractivity contribution in [3.05, 3.63) is 45.8 Å². The van der Waals surface area contributed by atoms with E-state index in [0.717, 1.165) is 16.0 Å². The van der Waals surface area contributed by atoms with E-state index < -0.39 is 0 Å². The fourth-order valence-corrected chi connectivity index (χ4v) is 2.34. The molecule has 0 aromatic carbocycles. The van der Waals surface area contributed by atoms with Crippen LogP contribution >= 0.6 is 23.6 Å². The molecule has 2 rings (SSSR count). The van der Waals surface area contributed by atoms with Crippen LogP contribution in [0.15, 0.2) is 29.8 Å². The lowest BCUT2D eigenvalue weighted by Gasteiger charge is -2.10. The van der Waals surface area contributed by atoms with Crippen LogP contribution in [0.3, 0.4) is 0 Å². The summed E-state index contributed by atoms with van der Waals surface area (Å²) in [5, 5.41) is 2.01. The Kier molecular flexibility index (Phi) is 3.71. The third-order valence-electron chi connectivity index (χ3n) is 2.30. The highest BCUT2D eigenvalue weighted by Crippen LogP contribution is 2.20. The van der Waals surface area contributed by atoms with E-state index >= 15 is 0 Å². The number of hydrogen-bond acceptors (Lipinski definition) is 4. The van der Waals surface area contributed by atoms with Crippen molar-refractivity contribution in [3.63, 3.8) is 0 Å². The zero-order chi connectivity index (χ0) is 12.3. The first kappa shape index (κ1) is 12.0. The molecule has 0 bridgehead atoms. The first-order valence-electron chi connectivity index (χ1n) is 5.09. The minimum Gasteiger partial charge on any atom is -0.471 e. The van der Waals surface area contributed by atoms with Gasteiger partial charge in [0, 0.05) is 11.1 Å². The Morgan fingerprint density at radius 2 is 2.35 bits per heavy atom. The van der Waals surface area contributed by atoms with Gasteiger partial charge in [0.1, 0.15) is 11.6 Å². The Labute approximate surface area is 109 Å². The minimum atomic E-state index is 0.316. The Hall–Kier alpha value is -1.46. The van der Waals surface area contributed by atoms with Gasteiger partial charge in [-0.05, 0) is 30.0 Å². The molecule has 0 spiro atoms. The van der Waals surface area contributed by atoms with Crippen LogP contribution in [0.1, 0.15) is 16.0 Å². The zero-order valence-corrected chi connectivity index (χ0v) is 11.0. The summed E-state index contributed by atoms with van der Waals surface area (Å²) in [5.74, 6) is 0.505. The SMILES string of the molecule is Cc1ccnc(OCc2cccs2)c1C(N)=S. The Bertz CT molecular complexity index is 523. The molecule has 2 aromatic rings. The standard InChI is InChI=1S/C12H12N2OS2/c1-8-4-5-14-12(10(8)11(13)16)15-7-9-3-2-6-17-9/h2-6H,7H2,1H3,(H2,13,16). The summed E-state index contributed by atoms with van der Waals surface area (Å²) in [6.07, 6.45) is 1.70. The number of aryl methyl sites for hydroxylation is 1. The molecule has 2 heterocycles. The lowest BCUT2D eigenvalue weighted by atomic mass is 10.1. The van der Waals surface area contributed by atoms with Gasteiger partial charge >= 0.3 is 0 Å². The van der Waals surface area contributed by atoms with E-state index in [0.29, 0.717) is 17.5 Å². The number of hydrogen-bond donors (Lipinski definition) is 1. The molecule has 0 saturated carbocycles. The fraction of sp³-hybridized carbons (Fsp3) is 0.167. The van der Waals surface area contributed by atoms with Crippen molar-refractivity contribution < 1.29 is 4.74 Å². The van der Waals surface area contributed by atoms with Crippen LogP contribution < -0.4 is 10.5 Å². The predicted octanol–water partition coefficient (Wildman–Crippen LogP) is 2.66. The largest absolute Gasteiger partial charge is 0.471 e. The molecule has 0 saturated heterocycles. The molecular weight excluding hydrogens is 252 g/mol. The first-order chi connectivity index (χ1) is 8.18. The van der Waals surface area contributed by atoms with Gasteiger partial charge in [0.15, 0.2) is 0 Å². The van der Waals surface area contributed by atoms with Crippen LogP contribution in [0.4, 0.5) is 0 Å². The van der Waals surface area contributed by atoms with Gasteiger partial charge in [0.25, 0.3) is 0 Å². The average Bonchev–Trinajstić information content (AvgIpc) is 2.78. The summed E-state index contributed by atoms with van der Waals surface area (Å²) in [6.45, 7) is 2.43. The maximum Gasteiger partial charge on any atom is 0.224 e. The van der Waals surface area contributed by atoms with Crippen LogP contribution in [0.25, 0.3) is 0 Å². The molecule has 3 nitrogen and oxygen atoms in total. The molecule has 17 heavy (non-hydrogen) atoms. The topological polar surface area (TPSA) is 48.1 Å². The molecule has 0 unspecified atom stereocenters. The molecule has 0 aliphatic heterocycles. The van der Waals surface area contributed by atoms with E-state index in [1.807, 2.05) is 30.5 Å². The number of rotatable bonds is 4. The van der Waals surface area contributed by atoms with Gasteiger partial charge in [0.05, 0.1) is 5.56 Å². The van der Waals surface area contributed by atoms with Crippen molar-refractivity contribution in [2.24, 2.45) is 5.73 Å². The first-order valence-corrected chi connectivity index (χ1v) is 6.38. The zero-order valence-electron chi connectivity index (χ0n) is 9.34. The molecule has 0 aliphatic rings. The predicted molar refractivity (Wildman–Crippen MR) is 73.5 cm³/mol. The molecule has 0 fully saturated rings. The minimum absolute atomic E-state index is 0.316. The normalized spacial score (nSPS) is 10.2. The van der Waals surface area contributed by atoms with Crippen molar-refractivity contribution in [3.8, 4) is 5.88 Å². The van der Waals surface area contributed by atoms with Crippen molar-refractivity contribution in [2.45, 2.75) is 13.5 Å². The lowest BCUT2D eigenvalue weighted by molar-refractivity contribution is 0.296. The molecule has 2 N–H and O–H groups in total. The van der Waals surface area contributed by atoms with Gasteiger partial charge in [0.2, 0.25) is 5.88 Å². The molecular formula is C12H12N2OS2. The van der Waals surface area contributed by atoms with Crippen LogP contribution in [-0.2, 0) is 6.61 Å². The van der Waals surface area contributed by atoms with Crippen LogP contribution in [-0.4, -0.2) is 9.97 Å². The maximum atomic E-state index is 5.68. The summed E-state index contributed by atoms with van der Waals surface area (Å²) in [7, 11) is 0. The third kappa shape index (κ3) is 2.81. The summed E-state index contributed by atoms with van der Waals surface area (Å²) >= 11 is 6.66. The summed E-state index contributed by atoms with van der Waals surface area (Å²) in [5.41, 5.74) is 7.38. The molecule has 0 aliphatic carbocycles. The molecule has 2 aromatic heterocycles. The van der Waals surface area contributed by atoms with E-state index in [9.17, 15) is 0 Å². The Balaban J connectivity index is 2.21. The molecule has 5 heteroatoms. The number of aromatic nitrogens is 1. The Morgan fingerprint density at radius 1 is 1.53 bits per heavy atom. The second-order valence-corrected chi connectivity index (χ2v) is 5.01. The number of thiocarbonyl (C=S) groups is 1. The summed E-state index contributed by atoms with van der Waals surface area (Å²) < 4.78 is 5.66. The van der Waals surface area contributed by atoms with E-state index in [-0.39, 0.29) is 0 Å². The van der Waals surface area contributed by atoms with Gasteiger partial charge in [-0.3, -0.25) is 0 Å². The third-order valence-corrected chi connectivity index (χ3v) is 3.36. The van der Waals surface area contributed by atoms with Crippen LogP contribution in [0, 0.1) is 6.92 Å². The second kappa shape index (κ2) is 5.25. The number of ether oxygens (including phenoxy) is 1. The second-order valence-electron chi connectivity index (χ2n) is 3.54. The number of thiophene rings is 1. The van der Waals surface area contributed by atoms with Crippen molar-refractivity contribution in [2.75, 3.05) is 0 Å². The van der Waals surface area contributed by atoms with Gasteiger partial charge in [-0.2, -0.15) is 0 Å². The highest BCUT2D eigenvalue weighted by Gasteiger charge is 2.11. The monoisotopic (exact) mass is 264 g/mol. The average molecular weight is 264 g/mol. The van der Waals surface area contributed by atoms with Gasteiger partial charge < -0.3 is 10.5 Å². The summed E-state index contributed by atoms with van der Waals surface area (Å²) in [6, 6.07) is 5.87. The number of nitrogens with zero attached hydrogens (tertiary/aromatic N) is 1. The summed E-state index contributed by atoms with van der Waals surface area (Å²) in [4.78, 5) is 5.63. The van der Waals surface area contributed by atoms with Crippen LogP contribution in [0.5, 0.6) is 5.88 Å². The fourth-order valence-electron chi connectivity index (χ4n) is 1.48. The van der Waals surface area contributed by atoms with E-state index in [2.05, 4.69) is 4.98 Å². The molecule has 0 atom stereocenters. The molecule has 88 valence electrons. The van der Waals surface area contributed by atoms with Gasteiger partial charge in [-0.15, -0.1) is 11.3 Å². The van der Waals surface area contributed by atoms with Crippen molar-refractivity contribution >= 4 is 28.5 Å². The van der Waals surface area contributed by atoms with Crippen molar-refractivity contribution in [1.29, 1.82) is 0 Å². The van der Waals surface area contributed by atoms with Crippen LogP contribution in [0.2, 0.25) is 0 Å². The number of pyridine rings is 1. The van der Waals surface area contributed by atoms with E-state index in [4.69, 9.17) is 22.7 Å². The highest BCUT2D eigenvalue weighted by atomic mass is 32.1. The van der Waals surface area contributed by atoms with E-state index in [1.54, 1.807) is 17.5 Å². The lowest BCUT2D eigenvalue weighted by Crippen LogP contribution is -2.14. The van der Waals surface area contributed by atoms with Gasteiger partial charge in [-0.25, -0.2) is 4.98 Å². The quantitative estimate of drug-likeness (QED) is 0.863. The smallest absolute Gasteiger partial charge is 0.224 e. The van der Waals surface area contributed by atoms with Crippen molar-refractivity contribution in [1.82, 2.24) is 4.98 Å². The molecule has 0 amide bonds. The maximum absolute atomic E-state index is 5.68. The van der Waals surface area contributed by atoms with E-state index in [1.165, 1.54) is 0 Å². The number of nitrogens with two attached hydrogens (primary N) is 1. The molecule has 0 radical (unpaired) electrons. The Morgan fingerprint density at radius 3 is 3.00 bits per heavy atom.